The van der Waals surface area contributed by atoms with Gasteiger partial charge in [0.25, 0.3) is 5.91 Å². The number of ether oxygens (including phenoxy) is 1. The molecule has 0 unspecified atom stereocenters. The summed E-state index contributed by atoms with van der Waals surface area (Å²) in [7, 11) is 0. The molecular formula is C10H12BrNO3. The number of carbonyl (C=O) groups excluding carboxylic acids is 1. The van der Waals surface area contributed by atoms with E-state index in [1.807, 2.05) is 6.92 Å². The number of halogens is 1. The lowest BCUT2D eigenvalue weighted by Crippen LogP contribution is -2.47. The first-order valence-electron chi connectivity index (χ1n) is 4.82. The topological polar surface area (TPSA) is 42.7 Å². The molecule has 0 aromatic carbocycles. The fourth-order valence-electron chi connectivity index (χ4n) is 1.63. The smallest absolute Gasteiger partial charge is 0.258 e. The molecule has 1 fully saturated rings. The summed E-state index contributed by atoms with van der Waals surface area (Å²) in [5, 5.41) is 0. The number of carbonyl (C=O) groups is 1. The first-order valence-corrected chi connectivity index (χ1v) is 5.61. The lowest BCUT2D eigenvalue weighted by Gasteiger charge is -2.33. The summed E-state index contributed by atoms with van der Waals surface area (Å²) in [6.07, 6.45) is 1.50. The van der Waals surface area contributed by atoms with Gasteiger partial charge in [0.2, 0.25) is 0 Å². The van der Waals surface area contributed by atoms with Crippen molar-refractivity contribution in [1.29, 1.82) is 0 Å². The van der Waals surface area contributed by atoms with E-state index >= 15 is 0 Å². The van der Waals surface area contributed by atoms with Gasteiger partial charge in [0.15, 0.2) is 4.67 Å². The molecule has 0 spiro atoms. The van der Waals surface area contributed by atoms with Gasteiger partial charge in [-0.15, -0.1) is 0 Å². The highest BCUT2D eigenvalue weighted by atomic mass is 79.9. The Labute approximate surface area is 96.3 Å². The molecule has 0 radical (unpaired) electrons. The zero-order chi connectivity index (χ0) is 10.8. The number of nitrogens with zero attached hydrogens (tertiary/aromatic N) is 1. The maximum Gasteiger partial charge on any atom is 0.258 e. The van der Waals surface area contributed by atoms with Crippen molar-refractivity contribution < 1.29 is 13.9 Å². The van der Waals surface area contributed by atoms with Gasteiger partial charge in [0.05, 0.1) is 31.1 Å². The summed E-state index contributed by atoms with van der Waals surface area (Å²) in [6, 6.07) is 1.79. The summed E-state index contributed by atoms with van der Waals surface area (Å²) in [5.41, 5.74) is 0.573. The van der Waals surface area contributed by atoms with Gasteiger partial charge in [-0.2, -0.15) is 0 Å². The number of amides is 1. The van der Waals surface area contributed by atoms with Gasteiger partial charge in [-0.25, -0.2) is 0 Å². The Morgan fingerprint density at radius 3 is 3.07 bits per heavy atom. The zero-order valence-corrected chi connectivity index (χ0v) is 9.99. The highest BCUT2D eigenvalue weighted by Gasteiger charge is 2.26. The normalized spacial score (nSPS) is 21.7. The van der Waals surface area contributed by atoms with E-state index in [1.54, 1.807) is 11.0 Å². The monoisotopic (exact) mass is 273 g/mol. The molecule has 2 rings (SSSR count). The lowest BCUT2D eigenvalue weighted by atomic mass is 10.2. The predicted octanol–water partition coefficient (Wildman–Crippen LogP) is 1.90. The summed E-state index contributed by atoms with van der Waals surface area (Å²) >= 11 is 3.21. The summed E-state index contributed by atoms with van der Waals surface area (Å²) < 4.78 is 10.8. The molecule has 1 aliphatic heterocycles. The second-order valence-electron chi connectivity index (χ2n) is 3.53. The standard InChI is InChI=1S/C10H12BrNO3/c1-7-6-14-5-3-12(7)10(13)8-2-4-15-9(8)11/h2,4,7H,3,5-6H2,1H3/t7-/m1/s1. The van der Waals surface area contributed by atoms with Gasteiger partial charge in [-0.3, -0.25) is 4.79 Å². The van der Waals surface area contributed by atoms with Gasteiger partial charge in [-0.05, 0) is 28.9 Å². The highest BCUT2D eigenvalue weighted by molar-refractivity contribution is 9.10. The molecule has 2 heterocycles. The van der Waals surface area contributed by atoms with Gasteiger partial charge >= 0.3 is 0 Å². The Morgan fingerprint density at radius 1 is 1.67 bits per heavy atom. The molecule has 1 atom stereocenters. The summed E-state index contributed by atoms with van der Waals surface area (Å²) in [6.45, 7) is 3.81. The van der Waals surface area contributed by atoms with Crippen molar-refractivity contribution in [2.75, 3.05) is 19.8 Å². The average Bonchev–Trinajstić information content (AvgIpc) is 2.64. The molecule has 15 heavy (non-hydrogen) atoms. The third-order valence-corrected chi connectivity index (χ3v) is 3.09. The minimum absolute atomic E-state index is 0.00794. The summed E-state index contributed by atoms with van der Waals surface area (Å²) in [5.74, 6) is -0.00794. The van der Waals surface area contributed by atoms with Crippen LogP contribution in [0.2, 0.25) is 0 Å². The van der Waals surface area contributed by atoms with Crippen LogP contribution in [0.15, 0.2) is 21.4 Å². The van der Waals surface area contributed by atoms with Crippen LogP contribution < -0.4 is 0 Å². The Bertz CT molecular complexity index is 363. The van der Waals surface area contributed by atoms with E-state index in [9.17, 15) is 4.79 Å². The van der Waals surface area contributed by atoms with E-state index in [1.165, 1.54) is 6.26 Å². The number of rotatable bonds is 1. The number of hydrogen-bond donors (Lipinski definition) is 0. The molecule has 5 heteroatoms. The van der Waals surface area contributed by atoms with E-state index in [4.69, 9.17) is 9.15 Å². The number of hydrogen-bond acceptors (Lipinski definition) is 3. The first-order chi connectivity index (χ1) is 7.20. The fraction of sp³-hybridized carbons (Fsp3) is 0.500. The molecule has 1 aliphatic rings. The minimum Gasteiger partial charge on any atom is -0.457 e. The van der Waals surface area contributed by atoms with E-state index in [0.29, 0.717) is 30.0 Å². The van der Waals surface area contributed by atoms with Crippen LogP contribution in [0.3, 0.4) is 0 Å². The van der Waals surface area contributed by atoms with E-state index in [2.05, 4.69) is 15.9 Å². The van der Waals surface area contributed by atoms with E-state index in [-0.39, 0.29) is 11.9 Å². The Morgan fingerprint density at radius 2 is 2.47 bits per heavy atom. The predicted molar refractivity (Wildman–Crippen MR) is 57.7 cm³/mol. The van der Waals surface area contributed by atoms with Crippen LogP contribution >= 0.6 is 15.9 Å². The van der Waals surface area contributed by atoms with Crippen LogP contribution in [-0.4, -0.2) is 36.6 Å². The maximum absolute atomic E-state index is 12.1. The SMILES string of the molecule is C[C@@H]1COCCN1C(=O)c1ccoc1Br. The molecule has 1 aromatic heterocycles. The van der Waals surface area contributed by atoms with Crippen molar-refractivity contribution in [2.24, 2.45) is 0 Å². The highest BCUT2D eigenvalue weighted by Crippen LogP contribution is 2.21. The Balaban J connectivity index is 2.17. The molecule has 4 nitrogen and oxygen atoms in total. The largest absolute Gasteiger partial charge is 0.457 e. The van der Waals surface area contributed by atoms with Crippen LogP contribution in [0.1, 0.15) is 17.3 Å². The number of morpholine rings is 1. The molecule has 0 bridgehead atoms. The molecule has 1 saturated heterocycles. The Kier molecular flexibility index (Phi) is 3.11. The molecule has 1 aromatic rings. The van der Waals surface area contributed by atoms with Crippen molar-refractivity contribution in [3.05, 3.63) is 22.6 Å². The fourth-order valence-corrected chi connectivity index (χ4v) is 2.04. The molecule has 0 N–H and O–H groups in total. The van der Waals surface area contributed by atoms with Crippen LogP contribution in [-0.2, 0) is 4.74 Å². The lowest BCUT2D eigenvalue weighted by molar-refractivity contribution is 0.00349. The van der Waals surface area contributed by atoms with Gasteiger partial charge in [-0.1, -0.05) is 0 Å². The third kappa shape index (κ3) is 2.08. The second kappa shape index (κ2) is 4.37. The molecule has 82 valence electrons. The quantitative estimate of drug-likeness (QED) is 0.785. The van der Waals surface area contributed by atoms with Crippen LogP contribution in [0.4, 0.5) is 0 Å². The van der Waals surface area contributed by atoms with Gasteiger partial charge in [0.1, 0.15) is 0 Å². The van der Waals surface area contributed by atoms with Crippen molar-refractivity contribution in [1.82, 2.24) is 4.90 Å². The van der Waals surface area contributed by atoms with Crippen molar-refractivity contribution in [3.63, 3.8) is 0 Å². The van der Waals surface area contributed by atoms with E-state index in [0.717, 1.165) is 0 Å². The second-order valence-corrected chi connectivity index (χ2v) is 4.25. The Hall–Kier alpha value is -0.810. The summed E-state index contributed by atoms with van der Waals surface area (Å²) in [4.78, 5) is 13.9. The van der Waals surface area contributed by atoms with Crippen molar-refractivity contribution in [2.45, 2.75) is 13.0 Å². The first kappa shape index (κ1) is 10.7. The van der Waals surface area contributed by atoms with E-state index < -0.39 is 0 Å². The molecular weight excluding hydrogens is 262 g/mol. The molecule has 0 aliphatic carbocycles. The van der Waals surface area contributed by atoms with Gasteiger partial charge in [0, 0.05) is 6.54 Å². The number of furan rings is 1. The minimum atomic E-state index is -0.00794. The third-order valence-electron chi connectivity index (χ3n) is 2.48. The van der Waals surface area contributed by atoms with Crippen molar-refractivity contribution >= 4 is 21.8 Å². The van der Waals surface area contributed by atoms with Crippen molar-refractivity contribution in [3.8, 4) is 0 Å². The van der Waals surface area contributed by atoms with Gasteiger partial charge < -0.3 is 14.1 Å². The maximum atomic E-state index is 12.1. The molecule has 1 amide bonds. The average molecular weight is 274 g/mol. The zero-order valence-electron chi connectivity index (χ0n) is 8.40. The molecule has 0 saturated carbocycles. The van der Waals surface area contributed by atoms with Crippen LogP contribution in [0.5, 0.6) is 0 Å². The van der Waals surface area contributed by atoms with Crippen LogP contribution in [0.25, 0.3) is 0 Å². The van der Waals surface area contributed by atoms with Crippen LogP contribution in [0, 0.1) is 0 Å².